The molecule has 0 aromatic heterocycles. The Morgan fingerprint density at radius 2 is 1.84 bits per heavy atom. The molecule has 0 unspecified atom stereocenters. The quantitative estimate of drug-likeness (QED) is 0.725. The molecule has 0 radical (unpaired) electrons. The number of esters is 1. The molecule has 0 fully saturated rings. The number of methoxy groups -OCH3 is 2. The van der Waals surface area contributed by atoms with Gasteiger partial charge in [-0.15, -0.1) is 0 Å². The van der Waals surface area contributed by atoms with E-state index in [1.165, 1.54) is 7.11 Å². The van der Waals surface area contributed by atoms with Gasteiger partial charge in [-0.25, -0.2) is 9.98 Å². The van der Waals surface area contributed by atoms with Crippen molar-refractivity contribution < 1.29 is 19.0 Å². The van der Waals surface area contributed by atoms with E-state index in [4.69, 9.17) is 14.2 Å². The minimum Gasteiger partial charge on any atom is -0.483 e. The Hall–Kier alpha value is -1.59. The second kappa shape index (κ2) is 7.11. The van der Waals surface area contributed by atoms with Gasteiger partial charge in [-0.3, -0.25) is 4.79 Å². The molecule has 0 aliphatic carbocycles. The average molecular weight is 270 g/mol. The fraction of sp³-hybridized carbons (Fsp3) is 0.769. The number of hydrogen-bond acceptors (Lipinski definition) is 6. The van der Waals surface area contributed by atoms with Gasteiger partial charge < -0.3 is 14.2 Å². The Labute approximate surface area is 113 Å². The minimum absolute atomic E-state index is 0.109. The molecule has 1 rings (SSSR count). The number of ether oxygens (including phenoxy) is 3. The maximum absolute atomic E-state index is 11.5. The van der Waals surface area contributed by atoms with Crippen molar-refractivity contribution in [2.45, 2.75) is 39.3 Å². The maximum atomic E-state index is 11.5. The van der Waals surface area contributed by atoms with Crippen molar-refractivity contribution in [2.75, 3.05) is 20.8 Å². The Bertz CT molecular complexity index is 377. The van der Waals surface area contributed by atoms with E-state index in [1.54, 1.807) is 14.0 Å². The highest BCUT2D eigenvalue weighted by Gasteiger charge is 2.32. The van der Waals surface area contributed by atoms with Crippen LogP contribution in [0.3, 0.4) is 0 Å². The largest absolute Gasteiger partial charge is 0.483 e. The number of carbonyl (C=O) groups excluding carboxylic acids is 1. The van der Waals surface area contributed by atoms with E-state index in [0.717, 1.165) is 0 Å². The molecular weight excluding hydrogens is 248 g/mol. The van der Waals surface area contributed by atoms with E-state index in [0.29, 0.717) is 18.4 Å². The highest BCUT2D eigenvalue weighted by atomic mass is 16.5. The molecule has 0 saturated carbocycles. The van der Waals surface area contributed by atoms with E-state index in [9.17, 15) is 4.79 Å². The normalized spacial score (nSPS) is 22.6. The second-order valence-electron chi connectivity index (χ2n) is 4.56. The standard InChI is InChI=1S/C13H22N2O4/c1-6-19-10(16)7-9-12(17-4)15-11(8(2)3)13(14-9)18-5/h8-9,11H,6-7H2,1-5H3/t9-,11+/m1/s1. The molecule has 0 spiro atoms. The van der Waals surface area contributed by atoms with Crippen LogP contribution in [0.5, 0.6) is 0 Å². The van der Waals surface area contributed by atoms with E-state index >= 15 is 0 Å². The molecule has 19 heavy (non-hydrogen) atoms. The zero-order valence-corrected chi connectivity index (χ0v) is 12.2. The average Bonchev–Trinajstić information content (AvgIpc) is 2.38. The first-order valence-corrected chi connectivity index (χ1v) is 6.42. The monoisotopic (exact) mass is 270 g/mol. The summed E-state index contributed by atoms with van der Waals surface area (Å²) in [6, 6.07) is -0.632. The fourth-order valence-electron chi connectivity index (χ4n) is 1.87. The lowest BCUT2D eigenvalue weighted by atomic mass is 10.0. The molecule has 0 aromatic carbocycles. The van der Waals surface area contributed by atoms with Crippen LogP contribution in [0.25, 0.3) is 0 Å². The van der Waals surface area contributed by atoms with E-state index in [-0.39, 0.29) is 24.3 Å². The van der Waals surface area contributed by atoms with Crippen LogP contribution in [0, 0.1) is 5.92 Å². The van der Waals surface area contributed by atoms with Crippen molar-refractivity contribution >= 4 is 17.8 Å². The van der Waals surface area contributed by atoms with Crippen LogP contribution in [0.1, 0.15) is 27.2 Å². The summed E-state index contributed by atoms with van der Waals surface area (Å²) in [6.07, 6.45) is 0.109. The SMILES string of the molecule is CCOC(=O)C[C@H]1N=C(OC)[C@H](C(C)C)N=C1OC. The van der Waals surface area contributed by atoms with Gasteiger partial charge in [0.25, 0.3) is 0 Å². The van der Waals surface area contributed by atoms with Crippen molar-refractivity contribution in [3.63, 3.8) is 0 Å². The number of aliphatic imine (C=N–C) groups is 2. The van der Waals surface area contributed by atoms with Crippen molar-refractivity contribution in [1.29, 1.82) is 0 Å². The molecule has 6 heteroatoms. The highest BCUT2D eigenvalue weighted by Crippen LogP contribution is 2.19. The smallest absolute Gasteiger partial charge is 0.308 e. The maximum Gasteiger partial charge on any atom is 0.308 e. The van der Waals surface area contributed by atoms with Crippen molar-refractivity contribution in [3.05, 3.63) is 0 Å². The molecule has 2 atom stereocenters. The molecule has 0 N–H and O–H groups in total. The molecule has 0 amide bonds. The van der Waals surface area contributed by atoms with E-state index < -0.39 is 6.04 Å². The first-order valence-electron chi connectivity index (χ1n) is 6.42. The zero-order valence-electron chi connectivity index (χ0n) is 12.2. The van der Waals surface area contributed by atoms with Gasteiger partial charge in [0.1, 0.15) is 12.1 Å². The number of rotatable bonds is 4. The summed E-state index contributed by atoms with van der Waals surface area (Å²) in [5.41, 5.74) is 0. The van der Waals surface area contributed by atoms with Gasteiger partial charge in [-0.05, 0) is 12.8 Å². The third-order valence-corrected chi connectivity index (χ3v) is 2.80. The molecule has 108 valence electrons. The highest BCUT2D eigenvalue weighted by molar-refractivity contribution is 5.95. The van der Waals surface area contributed by atoms with Gasteiger partial charge >= 0.3 is 5.97 Å². The van der Waals surface area contributed by atoms with Crippen LogP contribution in [0.4, 0.5) is 0 Å². The van der Waals surface area contributed by atoms with Gasteiger partial charge in [0, 0.05) is 0 Å². The Kier molecular flexibility index (Phi) is 5.79. The van der Waals surface area contributed by atoms with Gasteiger partial charge in [0.15, 0.2) is 0 Å². The number of carbonyl (C=O) groups is 1. The molecule has 6 nitrogen and oxygen atoms in total. The second-order valence-corrected chi connectivity index (χ2v) is 4.56. The molecule has 1 heterocycles. The van der Waals surface area contributed by atoms with E-state index in [2.05, 4.69) is 9.98 Å². The molecule has 1 aliphatic heterocycles. The zero-order chi connectivity index (χ0) is 14.4. The molecule has 0 saturated heterocycles. The minimum atomic E-state index is -0.464. The van der Waals surface area contributed by atoms with Crippen molar-refractivity contribution in [2.24, 2.45) is 15.9 Å². The third kappa shape index (κ3) is 3.94. The lowest BCUT2D eigenvalue weighted by molar-refractivity contribution is -0.143. The Morgan fingerprint density at radius 1 is 1.21 bits per heavy atom. The summed E-state index contributed by atoms with van der Waals surface area (Å²) in [7, 11) is 3.09. The fourth-order valence-corrected chi connectivity index (χ4v) is 1.87. The van der Waals surface area contributed by atoms with Crippen LogP contribution in [0.15, 0.2) is 9.98 Å². The summed E-state index contributed by atoms with van der Waals surface area (Å²) >= 11 is 0. The van der Waals surface area contributed by atoms with E-state index in [1.807, 2.05) is 13.8 Å². The Balaban J connectivity index is 2.89. The predicted molar refractivity (Wildman–Crippen MR) is 72.6 cm³/mol. The summed E-state index contributed by atoms with van der Waals surface area (Å²) in [6.45, 7) is 6.17. The van der Waals surface area contributed by atoms with Gasteiger partial charge in [-0.1, -0.05) is 13.8 Å². The van der Waals surface area contributed by atoms with Gasteiger partial charge in [-0.2, -0.15) is 0 Å². The number of nitrogens with zero attached hydrogens (tertiary/aromatic N) is 2. The lowest BCUT2D eigenvalue weighted by Gasteiger charge is -2.26. The third-order valence-electron chi connectivity index (χ3n) is 2.80. The van der Waals surface area contributed by atoms with Crippen LogP contribution in [-0.2, 0) is 19.0 Å². The first-order chi connectivity index (χ1) is 9.03. The van der Waals surface area contributed by atoms with Crippen LogP contribution in [-0.4, -0.2) is 50.7 Å². The van der Waals surface area contributed by atoms with Crippen molar-refractivity contribution in [1.82, 2.24) is 0 Å². The molecule has 1 aliphatic rings. The topological polar surface area (TPSA) is 69.5 Å². The summed E-state index contributed by atoms with van der Waals surface area (Å²) in [5.74, 6) is 0.907. The van der Waals surface area contributed by atoms with Gasteiger partial charge in [0.05, 0.1) is 27.2 Å². The summed E-state index contributed by atoms with van der Waals surface area (Å²) in [5, 5.41) is 0. The first kappa shape index (κ1) is 15.5. The van der Waals surface area contributed by atoms with Gasteiger partial charge in [0.2, 0.25) is 11.8 Å². The van der Waals surface area contributed by atoms with Crippen LogP contribution < -0.4 is 0 Å². The molecule has 0 aromatic rings. The van der Waals surface area contributed by atoms with Crippen LogP contribution in [0.2, 0.25) is 0 Å². The number of hydrogen-bond donors (Lipinski definition) is 0. The lowest BCUT2D eigenvalue weighted by Crippen LogP contribution is -2.38. The summed E-state index contributed by atoms with van der Waals surface area (Å²) in [4.78, 5) is 20.4. The molecular formula is C13H22N2O4. The predicted octanol–water partition coefficient (Wildman–Crippen LogP) is 1.44. The molecule has 0 bridgehead atoms. The Morgan fingerprint density at radius 3 is 2.32 bits per heavy atom. The summed E-state index contributed by atoms with van der Waals surface area (Å²) < 4.78 is 15.4. The van der Waals surface area contributed by atoms with Crippen LogP contribution >= 0.6 is 0 Å². The van der Waals surface area contributed by atoms with Crippen molar-refractivity contribution in [3.8, 4) is 0 Å².